The molecule has 0 aromatic carbocycles. The molecule has 8 nitrogen and oxygen atoms in total. The van der Waals surface area contributed by atoms with Crippen LogP contribution in [-0.4, -0.2) is 41.3 Å². The highest BCUT2D eigenvalue weighted by Gasteiger charge is 2.33. The summed E-state index contributed by atoms with van der Waals surface area (Å²) in [6.45, 7) is 0.650. The first-order valence-corrected chi connectivity index (χ1v) is 9.97. The summed E-state index contributed by atoms with van der Waals surface area (Å²) in [6.07, 6.45) is 4.41. The summed E-state index contributed by atoms with van der Waals surface area (Å²) in [5.41, 5.74) is 0.273. The Kier molecular flexibility index (Phi) is 6.57. The minimum absolute atomic E-state index is 0.0767. The molecule has 2 fully saturated rings. The molecule has 2 unspecified atom stereocenters. The molecule has 1 aromatic rings. The van der Waals surface area contributed by atoms with E-state index >= 15 is 0 Å². The predicted molar refractivity (Wildman–Crippen MR) is 102 cm³/mol. The van der Waals surface area contributed by atoms with Gasteiger partial charge in [0.1, 0.15) is 22.9 Å². The van der Waals surface area contributed by atoms with Crippen LogP contribution in [0.25, 0.3) is 0 Å². The second-order valence-corrected chi connectivity index (χ2v) is 7.89. The second-order valence-electron chi connectivity index (χ2n) is 7.48. The third-order valence-electron chi connectivity index (χ3n) is 5.17. The highest BCUT2D eigenvalue weighted by Crippen LogP contribution is 2.33. The Bertz CT molecular complexity index is 783. The van der Waals surface area contributed by atoms with Gasteiger partial charge in [0.2, 0.25) is 11.8 Å². The molecule has 1 saturated carbocycles. The van der Waals surface area contributed by atoms with Gasteiger partial charge in [0, 0.05) is 12.5 Å². The molecule has 150 valence electrons. The number of nitriles is 1. The van der Waals surface area contributed by atoms with E-state index < -0.39 is 23.9 Å². The Balaban J connectivity index is 1.60. The molecule has 1 aliphatic carbocycles. The van der Waals surface area contributed by atoms with Crippen molar-refractivity contribution in [3.63, 3.8) is 0 Å². The zero-order chi connectivity index (χ0) is 20.1. The van der Waals surface area contributed by atoms with Gasteiger partial charge in [-0.25, -0.2) is 0 Å². The van der Waals surface area contributed by atoms with Gasteiger partial charge in [-0.3, -0.25) is 14.4 Å². The third-order valence-corrected chi connectivity index (χ3v) is 5.40. The molecule has 0 bridgehead atoms. The van der Waals surface area contributed by atoms with E-state index in [0.717, 1.165) is 19.3 Å². The van der Waals surface area contributed by atoms with E-state index in [9.17, 15) is 19.6 Å². The Morgan fingerprint density at radius 1 is 1.25 bits per heavy atom. The van der Waals surface area contributed by atoms with Crippen molar-refractivity contribution in [3.05, 3.63) is 23.0 Å². The fourth-order valence-corrected chi connectivity index (χ4v) is 3.58. The molecule has 28 heavy (non-hydrogen) atoms. The molecule has 3 atom stereocenters. The number of piperidine rings is 1. The van der Waals surface area contributed by atoms with Gasteiger partial charge in [-0.15, -0.1) is 0 Å². The first-order chi connectivity index (χ1) is 13.5. The zero-order valence-corrected chi connectivity index (χ0v) is 16.2. The Morgan fingerprint density at radius 2 is 2.04 bits per heavy atom. The highest BCUT2D eigenvalue weighted by molar-refractivity contribution is 6.29. The molecule has 3 amide bonds. The number of amides is 3. The number of aromatic nitrogens is 1. The van der Waals surface area contributed by atoms with Crippen LogP contribution in [0.5, 0.6) is 0 Å². The van der Waals surface area contributed by atoms with Crippen LogP contribution in [0.1, 0.15) is 49.0 Å². The van der Waals surface area contributed by atoms with Gasteiger partial charge in [-0.1, -0.05) is 24.4 Å². The highest BCUT2D eigenvalue weighted by atomic mass is 35.5. The SMILES string of the molecule is N#CC(C[C@@H]1CCCNC1=O)NC(=O)C(CC1CC1)NC(=O)c1ccc(Cl)[nH]1. The topological polar surface area (TPSA) is 127 Å². The summed E-state index contributed by atoms with van der Waals surface area (Å²) in [5.74, 6) is -0.787. The number of rotatable bonds is 8. The Hall–Kier alpha value is -2.53. The lowest BCUT2D eigenvalue weighted by atomic mass is 9.92. The minimum Gasteiger partial charge on any atom is -0.356 e. The second kappa shape index (κ2) is 9.11. The lowest BCUT2D eigenvalue weighted by Crippen LogP contribution is -2.50. The number of hydrogen-bond donors (Lipinski definition) is 4. The van der Waals surface area contributed by atoms with Gasteiger partial charge in [0.25, 0.3) is 5.91 Å². The normalized spacial score (nSPS) is 21.1. The average Bonchev–Trinajstić information content (AvgIpc) is 3.39. The number of nitrogens with one attached hydrogen (secondary N) is 4. The number of hydrogen-bond acceptors (Lipinski definition) is 4. The largest absolute Gasteiger partial charge is 0.356 e. The number of H-pyrrole nitrogens is 1. The Morgan fingerprint density at radius 3 is 2.64 bits per heavy atom. The van der Waals surface area contributed by atoms with Crippen molar-refractivity contribution in [2.75, 3.05) is 6.54 Å². The van der Waals surface area contributed by atoms with E-state index in [1.807, 2.05) is 0 Å². The van der Waals surface area contributed by atoms with Crippen LogP contribution in [0.4, 0.5) is 0 Å². The fraction of sp³-hybridized carbons (Fsp3) is 0.579. The molecule has 2 heterocycles. The van der Waals surface area contributed by atoms with Gasteiger partial charge in [-0.2, -0.15) is 5.26 Å². The van der Waals surface area contributed by atoms with E-state index in [1.165, 1.54) is 0 Å². The maximum atomic E-state index is 12.8. The van der Waals surface area contributed by atoms with Gasteiger partial charge in [0.05, 0.1) is 6.07 Å². The molecule has 4 N–H and O–H groups in total. The summed E-state index contributed by atoms with van der Waals surface area (Å²) in [5, 5.41) is 18.0. The number of halogens is 1. The summed E-state index contributed by atoms with van der Waals surface area (Å²) < 4.78 is 0. The van der Waals surface area contributed by atoms with Crippen molar-refractivity contribution < 1.29 is 14.4 Å². The standard InChI is InChI=1S/C19H24ClN5O3/c20-16-6-5-14(24-16)18(27)25-15(8-11-3-4-11)19(28)23-13(10-21)9-12-2-1-7-22-17(12)26/h5-6,11-13,15,24H,1-4,7-9H2,(H,22,26)(H,23,28)(H,25,27)/t12-,13?,15?/m0/s1. The van der Waals surface area contributed by atoms with Gasteiger partial charge >= 0.3 is 0 Å². The number of nitrogens with zero attached hydrogens (tertiary/aromatic N) is 1. The first-order valence-electron chi connectivity index (χ1n) is 9.59. The minimum atomic E-state index is -0.778. The van der Waals surface area contributed by atoms with Crippen molar-refractivity contribution >= 4 is 29.3 Å². The molecule has 9 heteroatoms. The van der Waals surface area contributed by atoms with Crippen LogP contribution in [0.15, 0.2) is 12.1 Å². The quantitative estimate of drug-likeness (QED) is 0.522. The molecule has 1 saturated heterocycles. The molecule has 0 spiro atoms. The maximum absolute atomic E-state index is 12.8. The van der Waals surface area contributed by atoms with E-state index in [4.69, 9.17) is 11.6 Å². The van der Waals surface area contributed by atoms with Gasteiger partial charge in [-0.05, 0) is 43.7 Å². The molecular formula is C19H24ClN5O3. The zero-order valence-electron chi connectivity index (χ0n) is 15.5. The van der Waals surface area contributed by atoms with Gasteiger partial charge < -0.3 is 20.9 Å². The third kappa shape index (κ3) is 5.49. The number of aromatic amines is 1. The van der Waals surface area contributed by atoms with E-state index in [0.29, 0.717) is 30.5 Å². The van der Waals surface area contributed by atoms with Gasteiger partial charge in [0.15, 0.2) is 0 Å². The summed E-state index contributed by atoms with van der Waals surface area (Å²) in [6, 6.07) is 3.66. The molecule has 0 radical (unpaired) electrons. The fourth-order valence-electron chi connectivity index (χ4n) is 3.42. The number of carbonyl (C=O) groups excluding carboxylic acids is 3. The van der Waals surface area contributed by atoms with Crippen LogP contribution < -0.4 is 16.0 Å². The summed E-state index contributed by atoms with van der Waals surface area (Å²) in [7, 11) is 0. The first kappa shape index (κ1) is 20.2. The van der Waals surface area contributed by atoms with E-state index in [-0.39, 0.29) is 23.9 Å². The van der Waals surface area contributed by atoms with Crippen LogP contribution in [0, 0.1) is 23.2 Å². The monoisotopic (exact) mass is 405 g/mol. The van der Waals surface area contributed by atoms with Crippen LogP contribution >= 0.6 is 11.6 Å². The lowest BCUT2D eigenvalue weighted by Gasteiger charge is -2.25. The van der Waals surface area contributed by atoms with Crippen molar-refractivity contribution in [1.82, 2.24) is 20.9 Å². The lowest BCUT2D eigenvalue weighted by molar-refractivity contribution is -0.128. The summed E-state index contributed by atoms with van der Waals surface area (Å²) in [4.78, 5) is 39.8. The van der Waals surface area contributed by atoms with Crippen LogP contribution in [-0.2, 0) is 9.59 Å². The van der Waals surface area contributed by atoms with Crippen molar-refractivity contribution in [2.24, 2.45) is 11.8 Å². The van der Waals surface area contributed by atoms with Crippen molar-refractivity contribution in [2.45, 2.75) is 50.6 Å². The number of carbonyl (C=O) groups is 3. The van der Waals surface area contributed by atoms with Crippen molar-refractivity contribution in [1.29, 1.82) is 5.26 Å². The molecule has 1 aliphatic heterocycles. The molecule has 1 aromatic heterocycles. The van der Waals surface area contributed by atoms with E-state index in [1.54, 1.807) is 12.1 Å². The van der Waals surface area contributed by atoms with Crippen molar-refractivity contribution in [3.8, 4) is 6.07 Å². The maximum Gasteiger partial charge on any atom is 0.268 e. The van der Waals surface area contributed by atoms with Crippen LogP contribution in [0.2, 0.25) is 5.15 Å². The molecule has 3 rings (SSSR count). The summed E-state index contributed by atoms with van der Waals surface area (Å²) >= 11 is 5.81. The predicted octanol–water partition coefficient (Wildman–Crippen LogP) is 1.49. The van der Waals surface area contributed by atoms with E-state index in [2.05, 4.69) is 27.0 Å². The average molecular weight is 406 g/mol. The Labute approximate surface area is 168 Å². The smallest absolute Gasteiger partial charge is 0.268 e. The molecular weight excluding hydrogens is 382 g/mol. The molecule has 2 aliphatic rings. The van der Waals surface area contributed by atoms with Crippen LogP contribution in [0.3, 0.4) is 0 Å².